The van der Waals surface area contributed by atoms with Crippen molar-refractivity contribution in [1.29, 1.82) is 0 Å². The minimum Gasteiger partial charge on any atom is -0.338 e. The van der Waals surface area contributed by atoms with Crippen LogP contribution in [0, 0.1) is 0 Å². The van der Waals surface area contributed by atoms with Gasteiger partial charge in [0.15, 0.2) is 17.5 Å². The molecule has 0 saturated carbocycles. The van der Waals surface area contributed by atoms with Gasteiger partial charge in [-0.3, -0.25) is 4.79 Å². The normalized spacial score (nSPS) is 26.2. The summed E-state index contributed by atoms with van der Waals surface area (Å²) in [5.41, 5.74) is 0. The molecule has 7 nitrogen and oxygen atoms in total. The summed E-state index contributed by atoms with van der Waals surface area (Å²) in [6.45, 7) is 7.45. The number of nitrogens with zero attached hydrogens (tertiary/aromatic N) is 4. The molecule has 3 aliphatic rings. The SMILES string of the molecule is Cn1c(SCC[NH+]2CCCC2)nnc1[C@@H]1CCC[NH+]1CC(=O)N1CCCCCC1. The number of likely N-dealkylation sites (tertiary alicyclic amines) is 3. The Bertz CT molecular complexity index is 666. The van der Waals surface area contributed by atoms with Gasteiger partial charge >= 0.3 is 0 Å². The first kappa shape index (κ1) is 21.1. The third kappa shape index (κ3) is 5.33. The fourth-order valence-electron chi connectivity index (χ4n) is 5.23. The Morgan fingerprint density at radius 1 is 1.03 bits per heavy atom. The lowest BCUT2D eigenvalue weighted by molar-refractivity contribution is -0.911. The first-order valence-corrected chi connectivity index (χ1v) is 12.7. The van der Waals surface area contributed by atoms with Gasteiger partial charge in [-0.1, -0.05) is 24.6 Å². The Hall–Kier alpha value is -1.12. The van der Waals surface area contributed by atoms with Crippen LogP contribution in [0.5, 0.6) is 0 Å². The standard InChI is InChI=1S/C21H36N6OS/c1-24-20(22-23-21(24)29-16-15-25-10-6-7-11-25)18-9-8-14-27(18)17-19(28)26-12-4-2-3-5-13-26/h18H,2-17H2,1H3/p+2/t18-/m0/s1. The van der Waals surface area contributed by atoms with Crippen LogP contribution in [0.1, 0.15) is 63.2 Å². The number of carbonyl (C=O) groups excluding carboxylic acids is 1. The monoisotopic (exact) mass is 422 g/mol. The molecule has 1 aromatic heterocycles. The lowest BCUT2D eigenvalue weighted by Crippen LogP contribution is -3.11. The van der Waals surface area contributed by atoms with Crippen molar-refractivity contribution >= 4 is 17.7 Å². The number of aromatic nitrogens is 3. The van der Waals surface area contributed by atoms with Gasteiger partial charge in [0.2, 0.25) is 0 Å². The number of carbonyl (C=O) groups is 1. The van der Waals surface area contributed by atoms with Crippen molar-refractivity contribution in [2.45, 2.75) is 62.6 Å². The largest absolute Gasteiger partial charge is 0.338 e. The molecule has 29 heavy (non-hydrogen) atoms. The van der Waals surface area contributed by atoms with Crippen molar-refractivity contribution in [3.8, 4) is 0 Å². The van der Waals surface area contributed by atoms with Crippen LogP contribution in [0.4, 0.5) is 0 Å². The zero-order valence-electron chi connectivity index (χ0n) is 18.0. The Morgan fingerprint density at radius 3 is 2.55 bits per heavy atom. The van der Waals surface area contributed by atoms with Gasteiger partial charge in [0.05, 0.1) is 31.9 Å². The van der Waals surface area contributed by atoms with Crippen molar-refractivity contribution in [2.75, 3.05) is 51.6 Å². The first-order chi connectivity index (χ1) is 14.2. The number of nitrogens with one attached hydrogen (secondary N) is 2. The summed E-state index contributed by atoms with van der Waals surface area (Å²) in [6.07, 6.45) is 9.89. The summed E-state index contributed by atoms with van der Waals surface area (Å²) in [7, 11) is 2.10. The maximum atomic E-state index is 12.9. The van der Waals surface area contributed by atoms with E-state index in [9.17, 15) is 4.79 Å². The molecule has 4 rings (SSSR count). The van der Waals surface area contributed by atoms with Crippen molar-refractivity contribution < 1.29 is 14.6 Å². The number of amides is 1. The Morgan fingerprint density at radius 2 is 1.79 bits per heavy atom. The van der Waals surface area contributed by atoms with Crippen LogP contribution < -0.4 is 9.80 Å². The number of rotatable bonds is 7. The predicted octanol–water partition coefficient (Wildman–Crippen LogP) is -0.292. The molecule has 0 aliphatic carbocycles. The fourth-order valence-corrected chi connectivity index (χ4v) is 6.19. The van der Waals surface area contributed by atoms with Crippen LogP contribution in [0.2, 0.25) is 0 Å². The Kier molecular flexibility index (Phi) is 7.48. The highest BCUT2D eigenvalue weighted by atomic mass is 32.2. The Labute approximate surface area is 179 Å². The smallest absolute Gasteiger partial charge is 0.277 e. The number of quaternary nitrogens is 2. The second kappa shape index (κ2) is 10.3. The highest BCUT2D eigenvalue weighted by Gasteiger charge is 2.36. The summed E-state index contributed by atoms with van der Waals surface area (Å²) in [5.74, 6) is 2.51. The highest BCUT2D eigenvalue weighted by molar-refractivity contribution is 7.99. The van der Waals surface area contributed by atoms with Gasteiger partial charge in [0.25, 0.3) is 5.91 Å². The van der Waals surface area contributed by atoms with E-state index in [2.05, 4.69) is 26.7 Å². The van der Waals surface area contributed by atoms with Crippen LogP contribution in [0.15, 0.2) is 5.16 Å². The maximum Gasteiger partial charge on any atom is 0.277 e. The maximum absolute atomic E-state index is 12.9. The molecule has 2 N–H and O–H groups in total. The second-order valence-electron chi connectivity index (χ2n) is 9.03. The molecule has 8 heteroatoms. The van der Waals surface area contributed by atoms with Gasteiger partial charge in [-0.2, -0.15) is 0 Å². The molecule has 0 aromatic carbocycles. The lowest BCUT2D eigenvalue weighted by atomic mass is 10.2. The third-order valence-corrected chi connectivity index (χ3v) is 8.02. The molecule has 3 fully saturated rings. The summed E-state index contributed by atoms with van der Waals surface area (Å²) in [5, 5.41) is 10.1. The van der Waals surface area contributed by atoms with E-state index in [1.54, 1.807) is 4.90 Å². The number of hydrogen-bond acceptors (Lipinski definition) is 4. The number of hydrogen-bond donors (Lipinski definition) is 2. The van der Waals surface area contributed by atoms with E-state index in [0.29, 0.717) is 18.5 Å². The molecule has 0 radical (unpaired) electrons. The van der Waals surface area contributed by atoms with E-state index in [4.69, 9.17) is 0 Å². The summed E-state index contributed by atoms with van der Waals surface area (Å²) in [6, 6.07) is 0.307. The van der Waals surface area contributed by atoms with Gasteiger partial charge in [-0.05, 0) is 12.8 Å². The summed E-state index contributed by atoms with van der Waals surface area (Å²) < 4.78 is 2.19. The van der Waals surface area contributed by atoms with Crippen molar-refractivity contribution in [1.82, 2.24) is 19.7 Å². The average molecular weight is 423 g/mol. The minimum atomic E-state index is 0.307. The molecule has 1 aromatic rings. The Balaban J connectivity index is 1.33. The quantitative estimate of drug-likeness (QED) is 0.593. The number of thioether (sulfide) groups is 1. The molecule has 162 valence electrons. The fraction of sp³-hybridized carbons (Fsp3) is 0.857. The van der Waals surface area contributed by atoms with E-state index in [1.807, 2.05) is 11.8 Å². The predicted molar refractivity (Wildman–Crippen MR) is 114 cm³/mol. The molecule has 2 atom stereocenters. The highest BCUT2D eigenvalue weighted by Crippen LogP contribution is 2.22. The van der Waals surface area contributed by atoms with Gasteiger partial charge in [-0.15, -0.1) is 10.2 Å². The van der Waals surface area contributed by atoms with Gasteiger partial charge in [0.1, 0.15) is 6.04 Å². The first-order valence-electron chi connectivity index (χ1n) is 11.7. The van der Waals surface area contributed by atoms with E-state index >= 15 is 0 Å². The second-order valence-corrected chi connectivity index (χ2v) is 10.1. The van der Waals surface area contributed by atoms with Crippen LogP contribution >= 0.6 is 11.8 Å². The van der Waals surface area contributed by atoms with E-state index in [-0.39, 0.29) is 0 Å². The lowest BCUT2D eigenvalue weighted by Gasteiger charge is -2.25. The zero-order valence-corrected chi connectivity index (χ0v) is 18.8. The van der Waals surface area contributed by atoms with Gasteiger partial charge in [-0.25, -0.2) is 0 Å². The summed E-state index contributed by atoms with van der Waals surface area (Å²) in [4.78, 5) is 18.1. The molecular formula is C21H38N6OS+2. The summed E-state index contributed by atoms with van der Waals surface area (Å²) >= 11 is 1.84. The molecular weight excluding hydrogens is 384 g/mol. The molecule has 3 saturated heterocycles. The molecule has 4 heterocycles. The van der Waals surface area contributed by atoms with E-state index in [0.717, 1.165) is 55.6 Å². The van der Waals surface area contributed by atoms with Crippen LogP contribution in [-0.2, 0) is 11.8 Å². The minimum absolute atomic E-state index is 0.307. The molecule has 0 spiro atoms. The average Bonchev–Trinajstić information content (AvgIpc) is 3.41. The molecule has 1 unspecified atom stereocenters. The molecule has 3 aliphatic heterocycles. The molecule has 0 bridgehead atoms. The topological polar surface area (TPSA) is 59.9 Å². The van der Waals surface area contributed by atoms with Crippen molar-refractivity contribution in [2.24, 2.45) is 7.05 Å². The molecule has 1 amide bonds. The van der Waals surface area contributed by atoms with Crippen LogP contribution in [0.25, 0.3) is 0 Å². The van der Waals surface area contributed by atoms with Crippen LogP contribution in [-0.4, -0.2) is 77.1 Å². The van der Waals surface area contributed by atoms with Crippen molar-refractivity contribution in [3.05, 3.63) is 5.82 Å². The van der Waals surface area contributed by atoms with E-state index in [1.165, 1.54) is 56.6 Å². The zero-order chi connectivity index (χ0) is 20.1. The van der Waals surface area contributed by atoms with Crippen LogP contribution in [0.3, 0.4) is 0 Å². The van der Waals surface area contributed by atoms with Crippen molar-refractivity contribution in [3.63, 3.8) is 0 Å². The van der Waals surface area contributed by atoms with Gasteiger partial charge in [0, 0.05) is 45.8 Å². The third-order valence-electron chi connectivity index (χ3n) is 7.00. The van der Waals surface area contributed by atoms with Gasteiger partial charge < -0.3 is 19.3 Å². The van der Waals surface area contributed by atoms with E-state index < -0.39 is 0 Å².